The highest BCUT2D eigenvalue weighted by Gasteiger charge is 2.40. The number of carbonyl (C=O) groups excluding carboxylic acids is 1. The fourth-order valence-corrected chi connectivity index (χ4v) is 2.55. The van der Waals surface area contributed by atoms with Crippen LogP contribution in [0.15, 0.2) is 36.5 Å². The van der Waals surface area contributed by atoms with Gasteiger partial charge in [0.25, 0.3) is 5.91 Å². The zero-order chi connectivity index (χ0) is 19.8. The molecule has 0 aliphatic rings. The summed E-state index contributed by atoms with van der Waals surface area (Å²) in [4.78, 5) is 12.4. The summed E-state index contributed by atoms with van der Waals surface area (Å²) in [5.74, 6) is -0.638. The summed E-state index contributed by atoms with van der Waals surface area (Å²) in [5.41, 5.74) is 0.170. The number of hydrogen-bond donors (Lipinski definition) is 2. The summed E-state index contributed by atoms with van der Waals surface area (Å²) in [6.07, 6.45) is -3.85. The third-order valence-corrected chi connectivity index (χ3v) is 4.02. The van der Waals surface area contributed by atoms with Crippen LogP contribution in [0.2, 0.25) is 0 Å². The molecular formula is C18H18F3N5O. The number of benzene rings is 1. The topological polar surface area (TPSA) is 75.6 Å². The van der Waals surface area contributed by atoms with Crippen LogP contribution in [0.25, 0.3) is 5.69 Å². The first-order valence-electron chi connectivity index (χ1n) is 8.25. The number of aromatic amines is 1. The Labute approximate surface area is 153 Å². The van der Waals surface area contributed by atoms with Gasteiger partial charge >= 0.3 is 6.18 Å². The number of rotatable bonds is 4. The average molecular weight is 377 g/mol. The number of H-pyrrole nitrogens is 1. The molecule has 2 aromatic heterocycles. The van der Waals surface area contributed by atoms with E-state index in [1.165, 1.54) is 12.1 Å². The van der Waals surface area contributed by atoms with Crippen molar-refractivity contribution in [3.05, 3.63) is 59.0 Å². The number of hydrogen-bond acceptors (Lipinski definition) is 3. The van der Waals surface area contributed by atoms with Gasteiger partial charge in [0.15, 0.2) is 11.5 Å². The Morgan fingerprint density at radius 2 is 1.89 bits per heavy atom. The molecule has 1 amide bonds. The van der Waals surface area contributed by atoms with E-state index < -0.39 is 23.3 Å². The van der Waals surface area contributed by atoms with Crippen LogP contribution < -0.4 is 5.32 Å². The van der Waals surface area contributed by atoms with Gasteiger partial charge in [-0.3, -0.25) is 9.89 Å². The van der Waals surface area contributed by atoms with Crippen LogP contribution in [0.3, 0.4) is 0 Å². The van der Waals surface area contributed by atoms with E-state index in [4.69, 9.17) is 0 Å². The molecule has 0 aliphatic heterocycles. The van der Waals surface area contributed by atoms with Crippen molar-refractivity contribution in [2.45, 2.75) is 32.9 Å². The number of amides is 1. The van der Waals surface area contributed by atoms with Gasteiger partial charge in [-0.05, 0) is 25.0 Å². The van der Waals surface area contributed by atoms with Crippen molar-refractivity contribution in [1.82, 2.24) is 20.0 Å². The number of nitrogens with one attached hydrogen (secondary N) is 2. The highest BCUT2D eigenvalue weighted by atomic mass is 19.4. The highest BCUT2D eigenvalue weighted by molar-refractivity contribution is 6.04. The maximum atomic E-state index is 13.7. The first-order chi connectivity index (χ1) is 12.7. The van der Waals surface area contributed by atoms with Crippen LogP contribution in [0, 0.1) is 6.92 Å². The molecule has 0 fully saturated rings. The quantitative estimate of drug-likeness (QED) is 0.712. The Kier molecular flexibility index (Phi) is 4.77. The van der Waals surface area contributed by atoms with Crippen molar-refractivity contribution in [2.24, 2.45) is 0 Å². The summed E-state index contributed by atoms with van der Waals surface area (Å²) in [6.45, 7) is 5.67. The zero-order valence-electron chi connectivity index (χ0n) is 14.9. The van der Waals surface area contributed by atoms with Crippen LogP contribution in [-0.2, 0) is 6.18 Å². The molecule has 3 aromatic rings. The van der Waals surface area contributed by atoms with E-state index in [9.17, 15) is 18.0 Å². The number of nitrogens with zero attached hydrogens (tertiary/aromatic N) is 3. The minimum atomic E-state index is -4.76. The molecule has 0 bridgehead atoms. The van der Waals surface area contributed by atoms with Gasteiger partial charge in [0.05, 0.1) is 17.4 Å². The van der Waals surface area contributed by atoms with Gasteiger partial charge in [-0.25, -0.2) is 4.68 Å². The first kappa shape index (κ1) is 18.7. The van der Waals surface area contributed by atoms with Crippen LogP contribution in [0.1, 0.15) is 47.1 Å². The fraction of sp³-hybridized carbons (Fsp3) is 0.278. The summed E-state index contributed by atoms with van der Waals surface area (Å²) in [7, 11) is 0. The molecule has 9 heteroatoms. The molecule has 1 aromatic carbocycles. The molecule has 0 spiro atoms. The predicted molar refractivity (Wildman–Crippen MR) is 93.9 cm³/mol. The lowest BCUT2D eigenvalue weighted by molar-refractivity contribution is -0.143. The predicted octanol–water partition coefficient (Wildman–Crippen LogP) is 4.30. The second kappa shape index (κ2) is 6.90. The van der Waals surface area contributed by atoms with E-state index in [1.54, 1.807) is 18.2 Å². The number of alkyl halides is 3. The van der Waals surface area contributed by atoms with E-state index in [0.29, 0.717) is 0 Å². The van der Waals surface area contributed by atoms with Gasteiger partial charge in [0, 0.05) is 11.8 Å². The minimum Gasteiger partial charge on any atom is -0.305 e. The SMILES string of the molecule is Cc1ccc(-n2ncc(C(=O)Nc3cc(C(C)C)[nH]n3)c2C(F)(F)F)cc1. The largest absolute Gasteiger partial charge is 0.434 e. The van der Waals surface area contributed by atoms with Gasteiger partial charge < -0.3 is 5.32 Å². The van der Waals surface area contributed by atoms with Gasteiger partial charge in [-0.1, -0.05) is 31.5 Å². The standard InChI is InChI=1S/C18H18F3N5O/c1-10(2)14-8-15(25-24-14)23-17(27)13-9-22-26(16(13)18(19,20)21)12-6-4-11(3)5-7-12/h4-10H,1-3H3,(H2,23,24,25,27). The molecule has 0 saturated carbocycles. The Morgan fingerprint density at radius 3 is 2.44 bits per heavy atom. The third-order valence-electron chi connectivity index (χ3n) is 4.02. The highest BCUT2D eigenvalue weighted by Crippen LogP contribution is 2.34. The summed E-state index contributed by atoms with van der Waals surface area (Å²) in [6, 6.07) is 7.96. The van der Waals surface area contributed by atoms with Crippen molar-refractivity contribution in [3.63, 3.8) is 0 Å². The molecule has 2 N–H and O–H groups in total. The minimum absolute atomic E-state index is 0.137. The van der Waals surface area contributed by atoms with Crippen molar-refractivity contribution < 1.29 is 18.0 Å². The second-order valence-electron chi connectivity index (χ2n) is 6.47. The van der Waals surface area contributed by atoms with Crippen molar-refractivity contribution >= 4 is 11.7 Å². The van der Waals surface area contributed by atoms with E-state index in [0.717, 1.165) is 22.1 Å². The Balaban J connectivity index is 1.97. The Hall–Kier alpha value is -3.10. The monoisotopic (exact) mass is 377 g/mol. The molecule has 142 valence electrons. The maximum Gasteiger partial charge on any atom is 0.434 e. The van der Waals surface area contributed by atoms with E-state index in [2.05, 4.69) is 20.6 Å². The molecule has 0 unspecified atom stereocenters. The number of halogens is 3. The first-order valence-corrected chi connectivity index (χ1v) is 8.25. The molecule has 0 radical (unpaired) electrons. The van der Waals surface area contributed by atoms with Gasteiger partial charge in [0.2, 0.25) is 0 Å². The van der Waals surface area contributed by atoms with E-state index in [-0.39, 0.29) is 17.4 Å². The molecular weight excluding hydrogens is 359 g/mol. The fourth-order valence-electron chi connectivity index (χ4n) is 2.55. The molecule has 0 atom stereocenters. The van der Waals surface area contributed by atoms with Gasteiger partial charge in [-0.2, -0.15) is 23.4 Å². The van der Waals surface area contributed by atoms with Gasteiger partial charge in [0.1, 0.15) is 0 Å². The molecule has 3 rings (SSSR count). The van der Waals surface area contributed by atoms with Crippen LogP contribution in [0.5, 0.6) is 0 Å². The second-order valence-corrected chi connectivity index (χ2v) is 6.47. The lowest BCUT2D eigenvalue weighted by Gasteiger charge is -2.12. The Bertz CT molecular complexity index is 954. The van der Waals surface area contributed by atoms with Crippen LogP contribution in [0.4, 0.5) is 19.0 Å². The molecule has 27 heavy (non-hydrogen) atoms. The molecule has 0 aliphatic carbocycles. The van der Waals surface area contributed by atoms with Crippen LogP contribution >= 0.6 is 0 Å². The third kappa shape index (κ3) is 3.86. The molecule has 2 heterocycles. The summed E-state index contributed by atoms with van der Waals surface area (Å²) < 4.78 is 41.7. The van der Waals surface area contributed by atoms with Crippen molar-refractivity contribution in [3.8, 4) is 5.69 Å². The molecule has 6 nitrogen and oxygen atoms in total. The number of carbonyl (C=O) groups is 1. The smallest absolute Gasteiger partial charge is 0.305 e. The molecule has 0 saturated heterocycles. The average Bonchev–Trinajstić information content (AvgIpc) is 3.22. The van der Waals surface area contributed by atoms with Crippen molar-refractivity contribution in [2.75, 3.05) is 5.32 Å². The lowest BCUT2D eigenvalue weighted by atomic mass is 10.1. The van der Waals surface area contributed by atoms with E-state index >= 15 is 0 Å². The van der Waals surface area contributed by atoms with E-state index in [1.807, 2.05) is 20.8 Å². The lowest BCUT2D eigenvalue weighted by Crippen LogP contribution is -2.20. The Morgan fingerprint density at radius 1 is 1.22 bits per heavy atom. The summed E-state index contributed by atoms with van der Waals surface area (Å²) in [5, 5.41) is 12.8. The number of anilines is 1. The summed E-state index contributed by atoms with van der Waals surface area (Å²) >= 11 is 0. The van der Waals surface area contributed by atoms with Gasteiger partial charge in [-0.15, -0.1) is 0 Å². The number of aromatic nitrogens is 4. The zero-order valence-corrected chi connectivity index (χ0v) is 14.9. The van der Waals surface area contributed by atoms with Crippen molar-refractivity contribution in [1.29, 1.82) is 0 Å². The normalized spacial score (nSPS) is 11.8. The number of aryl methyl sites for hydroxylation is 1. The maximum absolute atomic E-state index is 13.7. The van der Waals surface area contributed by atoms with Crippen LogP contribution in [-0.4, -0.2) is 25.9 Å².